The Labute approximate surface area is 176 Å². The molecular weight excluding hydrogens is 356 g/mol. The van der Waals surface area contributed by atoms with Crippen molar-refractivity contribution in [2.24, 2.45) is 16.7 Å². The first-order chi connectivity index (χ1) is 13.3. The van der Waals surface area contributed by atoms with Gasteiger partial charge >= 0.3 is 0 Å². The lowest BCUT2D eigenvalue weighted by molar-refractivity contribution is -0.139. The molecule has 0 saturated heterocycles. The van der Waals surface area contributed by atoms with Crippen LogP contribution in [0.25, 0.3) is 0 Å². The molecule has 2 aliphatic rings. The van der Waals surface area contributed by atoms with Crippen LogP contribution in [0.2, 0.25) is 0 Å². The number of aliphatic hydroxyl groups is 1. The van der Waals surface area contributed by atoms with Gasteiger partial charge in [0.05, 0.1) is 5.41 Å². The largest absolute Gasteiger partial charge is 0.383 e. The third-order valence-corrected chi connectivity index (χ3v) is 6.89. The second kappa shape index (κ2) is 7.09. The summed E-state index contributed by atoms with van der Waals surface area (Å²) in [6.07, 6.45) is 10.4. The molecule has 0 spiro atoms. The molecular formula is C27H36O2. The Hall–Kier alpha value is -1.93. The molecule has 3 atom stereocenters. The number of rotatable bonds is 5. The van der Waals surface area contributed by atoms with Gasteiger partial charge in [0.25, 0.3) is 0 Å². The topological polar surface area (TPSA) is 37.3 Å². The fraction of sp³-hybridized carbons (Fsp3) is 0.519. The first kappa shape index (κ1) is 21.8. The fourth-order valence-corrected chi connectivity index (χ4v) is 5.58. The van der Waals surface area contributed by atoms with Crippen LogP contribution in [0.15, 0.2) is 65.8 Å². The smallest absolute Gasteiger partial charge is 0.177 e. The summed E-state index contributed by atoms with van der Waals surface area (Å²) in [6.45, 7) is 14.4. The number of ketones is 1. The quantitative estimate of drug-likeness (QED) is 0.650. The Bertz CT molecular complexity index is 879. The Morgan fingerprint density at radius 3 is 2.24 bits per heavy atom. The summed E-state index contributed by atoms with van der Waals surface area (Å²) in [6, 6.07) is 10.7. The molecule has 0 aromatic heterocycles. The summed E-state index contributed by atoms with van der Waals surface area (Å²) in [5, 5.41) is 10.3. The summed E-state index contributed by atoms with van der Waals surface area (Å²) in [5.74, 6) is 0.278. The predicted octanol–water partition coefficient (Wildman–Crippen LogP) is 6.17. The van der Waals surface area contributed by atoms with Crippen molar-refractivity contribution in [1.29, 1.82) is 0 Å². The van der Waals surface area contributed by atoms with Crippen LogP contribution in [-0.2, 0) is 10.2 Å². The molecule has 3 unspecified atom stereocenters. The van der Waals surface area contributed by atoms with E-state index in [9.17, 15) is 9.90 Å². The molecule has 0 fully saturated rings. The zero-order chi connectivity index (χ0) is 21.7. The fourth-order valence-electron chi connectivity index (χ4n) is 5.58. The molecule has 1 aromatic carbocycles. The molecule has 2 nitrogen and oxygen atoms in total. The minimum atomic E-state index is -1.36. The van der Waals surface area contributed by atoms with Gasteiger partial charge in [-0.05, 0) is 67.1 Å². The normalized spacial score (nSPS) is 29.7. The van der Waals surface area contributed by atoms with Gasteiger partial charge in [-0.1, -0.05) is 82.3 Å². The third-order valence-electron chi connectivity index (χ3n) is 6.89. The predicted molar refractivity (Wildman–Crippen MR) is 121 cm³/mol. The molecule has 0 aliphatic heterocycles. The van der Waals surface area contributed by atoms with Crippen molar-refractivity contribution in [2.75, 3.05) is 0 Å². The molecule has 0 heterocycles. The van der Waals surface area contributed by atoms with Gasteiger partial charge in [-0.15, -0.1) is 0 Å². The van der Waals surface area contributed by atoms with Crippen molar-refractivity contribution in [3.8, 4) is 0 Å². The van der Waals surface area contributed by atoms with Crippen molar-refractivity contribution >= 4 is 5.78 Å². The molecule has 1 aromatic rings. The van der Waals surface area contributed by atoms with E-state index in [1.807, 2.05) is 19.1 Å². The Kier molecular flexibility index (Phi) is 5.32. The van der Waals surface area contributed by atoms with Crippen LogP contribution >= 0.6 is 0 Å². The van der Waals surface area contributed by atoms with Gasteiger partial charge in [0.1, 0.15) is 5.60 Å². The Morgan fingerprint density at radius 1 is 1.07 bits per heavy atom. The van der Waals surface area contributed by atoms with Crippen LogP contribution in [0.3, 0.4) is 0 Å². The lowest BCUT2D eigenvalue weighted by atomic mass is 9.67. The molecule has 0 saturated carbocycles. The van der Waals surface area contributed by atoms with E-state index in [0.717, 1.165) is 12.8 Å². The molecule has 29 heavy (non-hydrogen) atoms. The van der Waals surface area contributed by atoms with E-state index in [2.05, 4.69) is 70.2 Å². The summed E-state index contributed by atoms with van der Waals surface area (Å²) in [4.78, 5) is 12.9. The SMILES string of the molecule is CC1CC(C)(CC(C)(C)c2ccccc2)C2=C1C=CC(C)(C(=O)C(C)(C)O)C=C2. The van der Waals surface area contributed by atoms with E-state index in [1.165, 1.54) is 16.7 Å². The highest BCUT2D eigenvalue weighted by Crippen LogP contribution is 2.54. The lowest BCUT2D eigenvalue weighted by Crippen LogP contribution is -2.41. The van der Waals surface area contributed by atoms with Crippen LogP contribution in [-0.4, -0.2) is 16.5 Å². The number of allylic oxidation sites excluding steroid dienone is 6. The molecule has 0 bridgehead atoms. The number of hydrogen-bond donors (Lipinski definition) is 1. The van der Waals surface area contributed by atoms with Crippen LogP contribution in [0.4, 0.5) is 0 Å². The number of benzene rings is 1. The van der Waals surface area contributed by atoms with E-state index >= 15 is 0 Å². The molecule has 0 amide bonds. The number of carbonyl (C=O) groups excluding carboxylic acids is 1. The summed E-state index contributed by atoms with van der Waals surface area (Å²) >= 11 is 0. The van der Waals surface area contributed by atoms with Gasteiger partial charge in [-0.2, -0.15) is 0 Å². The minimum absolute atomic E-state index is 0.0396. The molecule has 1 N–H and O–H groups in total. The van der Waals surface area contributed by atoms with E-state index in [1.54, 1.807) is 13.8 Å². The molecule has 0 radical (unpaired) electrons. The highest BCUT2D eigenvalue weighted by atomic mass is 16.3. The van der Waals surface area contributed by atoms with Gasteiger partial charge in [0.15, 0.2) is 5.78 Å². The van der Waals surface area contributed by atoms with Crippen molar-refractivity contribution in [1.82, 2.24) is 0 Å². The number of Topliss-reactive ketones (excluding diaryl/α,β-unsaturated/α-hetero) is 1. The second-order valence-corrected chi connectivity index (χ2v) is 10.8. The van der Waals surface area contributed by atoms with E-state index in [0.29, 0.717) is 5.92 Å². The van der Waals surface area contributed by atoms with Crippen molar-refractivity contribution in [2.45, 2.75) is 72.3 Å². The highest BCUT2D eigenvalue weighted by Gasteiger charge is 2.45. The zero-order valence-corrected chi connectivity index (χ0v) is 19.0. The first-order valence-corrected chi connectivity index (χ1v) is 10.7. The maximum absolute atomic E-state index is 12.9. The monoisotopic (exact) mass is 392 g/mol. The summed E-state index contributed by atoms with van der Waals surface area (Å²) < 4.78 is 0. The zero-order valence-electron chi connectivity index (χ0n) is 19.0. The lowest BCUT2D eigenvalue weighted by Gasteiger charge is -2.37. The maximum atomic E-state index is 12.9. The average molecular weight is 393 g/mol. The van der Waals surface area contributed by atoms with Crippen molar-refractivity contribution in [3.63, 3.8) is 0 Å². The Balaban J connectivity index is 1.97. The van der Waals surface area contributed by atoms with Crippen LogP contribution in [0, 0.1) is 16.7 Å². The van der Waals surface area contributed by atoms with Gasteiger partial charge in [-0.3, -0.25) is 4.79 Å². The van der Waals surface area contributed by atoms with E-state index < -0.39 is 11.0 Å². The minimum Gasteiger partial charge on any atom is -0.383 e. The third kappa shape index (κ3) is 4.05. The average Bonchev–Trinajstić information content (AvgIpc) is 2.75. The van der Waals surface area contributed by atoms with E-state index in [-0.39, 0.29) is 16.6 Å². The summed E-state index contributed by atoms with van der Waals surface area (Å²) in [7, 11) is 0. The van der Waals surface area contributed by atoms with Gasteiger partial charge in [0.2, 0.25) is 0 Å². The molecule has 2 aliphatic carbocycles. The molecule has 3 rings (SSSR count). The molecule has 2 heteroatoms. The maximum Gasteiger partial charge on any atom is 0.177 e. The van der Waals surface area contributed by atoms with Crippen LogP contribution in [0.5, 0.6) is 0 Å². The van der Waals surface area contributed by atoms with Gasteiger partial charge < -0.3 is 5.11 Å². The van der Waals surface area contributed by atoms with Crippen molar-refractivity contribution < 1.29 is 9.90 Å². The molecule has 156 valence electrons. The Morgan fingerprint density at radius 2 is 1.66 bits per heavy atom. The van der Waals surface area contributed by atoms with Crippen LogP contribution in [0.1, 0.15) is 66.9 Å². The second-order valence-electron chi connectivity index (χ2n) is 10.8. The van der Waals surface area contributed by atoms with Crippen molar-refractivity contribution in [3.05, 3.63) is 71.3 Å². The summed E-state index contributed by atoms with van der Waals surface area (Å²) in [5.41, 5.74) is 1.97. The number of hydrogen-bond acceptors (Lipinski definition) is 2. The highest BCUT2D eigenvalue weighted by molar-refractivity contribution is 5.95. The van der Waals surface area contributed by atoms with E-state index in [4.69, 9.17) is 0 Å². The van der Waals surface area contributed by atoms with Crippen LogP contribution < -0.4 is 0 Å². The number of carbonyl (C=O) groups is 1. The van der Waals surface area contributed by atoms with Gasteiger partial charge in [0, 0.05) is 0 Å². The van der Waals surface area contributed by atoms with Gasteiger partial charge in [-0.25, -0.2) is 0 Å². The first-order valence-electron chi connectivity index (χ1n) is 10.7. The standard InChI is InChI=1S/C27H36O2/c1-19-17-27(7,18-24(2,3)20-11-9-8-10-12-20)22-14-16-26(6,15-13-21(19)22)23(28)25(4,5)29/h8-16,19,29H,17-18H2,1-7H3.